The Morgan fingerprint density at radius 2 is 1.88 bits per heavy atom. The molecule has 0 bridgehead atoms. The molecule has 0 aromatic heterocycles. The first-order valence-corrected chi connectivity index (χ1v) is 5.97. The zero-order valence-electron chi connectivity index (χ0n) is 10.8. The second kappa shape index (κ2) is 5.71. The van der Waals surface area contributed by atoms with Crippen molar-refractivity contribution in [2.75, 3.05) is 6.61 Å². The molecule has 0 aliphatic carbocycles. The van der Waals surface area contributed by atoms with Crippen molar-refractivity contribution in [1.29, 1.82) is 0 Å². The van der Waals surface area contributed by atoms with Gasteiger partial charge in [0.05, 0.1) is 6.61 Å². The number of nitrogens with two attached hydrogens (primary N) is 1. The lowest BCUT2D eigenvalue weighted by Gasteiger charge is -2.24. The Hall–Kier alpha value is -1.51. The Morgan fingerprint density at radius 3 is 2.35 bits per heavy atom. The predicted octanol–water partition coefficient (Wildman–Crippen LogP) is 2.99. The number of carbonyl (C=O) groups is 1. The minimum Gasteiger partial charge on any atom is -0.493 e. The molecule has 2 N–H and O–H groups in total. The number of carbonyl (C=O) groups excluding carboxylic acids is 1. The largest absolute Gasteiger partial charge is 0.493 e. The van der Waals surface area contributed by atoms with Gasteiger partial charge < -0.3 is 10.5 Å². The van der Waals surface area contributed by atoms with E-state index in [1.54, 1.807) is 24.3 Å². The predicted molar refractivity (Wildman–Crippen MR) is 69.1 cm³/mol. The summed E-state index contributed by atoms with van der Waals surface area (Å²) in [6, 6.07) is 6.93. The molecule has 94 valence electrons. The number of amides is 1. The fraction of sp³-hybridized carbons (Fsp3) is 0.500. The number of ether oxygens (including phenoxy) is 1. The van der Waals surface area contributed by atoms with Crippen molar-refractivity contribution >= 4 is 5.91 Å². The van der Waals surface area contributed by atoms with Gasteiger partial charge in [-0.1, -0.05) is 27.2 Å². The topological polar surface area (TPSA) is 52.3 Å². The van der Waals surface area contributed by atoms with Crippen LogP contribution < -0.4 is 10.5 Å². The quantitative estimate of drug-likeness (QED) is 0.824. The number of rotatable bonds is 6. The van der Waals surface area contributed by atoms with Gasteiger partial charge in [-0.3, -0.25) is 4.79 Å². The van der Waals surface area contributed by atoms with Gasteiger partial charge in [0.15, 0.2) is 0 Å². The van der Waals surface area contributed by atoms with E-state index in [4.69, 9.17) is 10.5 Å². The van der Waals surface area contributed by atoms with Crippen LogP contribution >= 0.6 is 0 Å². The molecular weight excluding hydrogens is 214 g/mol. The van der Waals surface area contributed by atoms with Crippen molar-refractivity contribution in [3.63, 3.8) is 0 Å². The maximum Gasteiger partial charge on any atom is 0.248 e. The van der Waals surface area contributed by atoms with Crippen LogP contribution in [0.15, 0.2) is 24.3 Å². The lowest BCUT2D eigenvalue weighted by atomic mass is 9.89. The minimum absolute atomic E-state index is 0.178. The molecule has 0 saturated carbocycles. The number of benzene rings is 1. The van der Waals surface area contributed by atoms with Gasteiger partial charge in [0.1, 0.15) is 5.75 Å². The lowest BCUT2D eigenvalue weighted by molar-refractivity contribution is 0.1000. The summed E-state index contributed by atoms with van der Waals surface area (Å²) < 4.78 is 5.71. The summed E-state index contributed by atoms with van der Waals surface area (Å²) in [5.74, 6) is 0.363. The number of hydrogen-bond donors (Lipinski definition) is 1. The Balaban J connectivity index is 2.55. The summed E-state index contributed by atoms with van der Waals surface area (Å²) in [6.07, 6.45) is 2.28. The third kappa shape index (κ3) is 4.47. The molecule has 1 aromatic carbocycles. The molecule has 0 fully saturated rings. The van der Waals surface area contributed by atoms with Crippen LogP contribution in [0.1, 0.15) is 44.0 Å². The highest BCUT2D eigenvalue weighted by Crippen LogP contribution is 2.24. The van der Waals surface area contributed by atoms with E-state index in [0.717, 1.165) is 18.6 Å². The molecule has 17 heavy (non-hydrogen) atoms. The van der Waals surface area contributed by atoms with Crippen molar-refractivity contribution in [2.45, 2.75) is 33.6 Å². The Bertz CT molecular complexity index is 368. The summed E-state index contributed by atoms with van der Waals surface area (Å²) in [5.41, 5.74) is 5.85. The van der Waals surface area contributed by atoms with Gasteiger partial charge in [-0.15, -0.1) is 0 Å². The molecule has 0 unspecified atom stereocenters. The van der Waals surface area contributed by atoms with E-state index in [9.17, 15) is 4.79 Å². The summed E-state index contributed by atoms with van der Waals surface area (Å²) in [4.78, 5) is 10.9. The molecule has 3 heteroatoms. The maximum absolute atomic E-state index is 10.9. The van der Waals surface area contributed by atoms with Crippen LogP contribution in [0.5, 0.6) is 5.75 Å². The molecule has 1 rings (SSSR count). The first-order chi connectivity index (χ1) is 7.94. The van der Waals surface area contributed by atoms with E-state index >= 15 is 0 Å². The average Bonchev–Trinajstić information content (AvgIpc) is 2.27. The first-order valence-electron chi connectivity index (χ1n) is 5.97. The van der Waals surface area contributed by atoms with Crippen LogP contribution in [0.4, 0.5) is 0 Å². The Kier molecular flexibility index (Phi) is 4.55. The summed E-state index contributed by atoms with van der Waals surface area (Å²) in [5, 5.41) is 0. The third-order valence-electron chi connectivity index (χ3n) is 2.70. The molecule has 0 atom stereocenters. The molecular formula is C14H21NO2. The monoisotopic (exact) mass is 235 g/mol. The van der Waals surface area contributed by atoms with Gasteiger partial charge in [0.2, 0.25) is 5.91 Å². The van der Waals surface area contributed by atoms with Gasteiger partial charge in [0.25, 0.3) is 0 Å². The van der Waals surface area contributed by atoms with E-state index in [1.165, 1.54) is 0 Å². The normalized spacial score (nSPS) is 11.2. The van der Waals surface area contributed by atoms with E-state index < -0.39 is 5.91 Å². The Labute approximate surface area is 103 Å². The summed E-state index contributed by atoms with van der Waals surface area (Å²) in [6.45, 7) is 7.22. The van der Waals surface area contributed by atoms with E-state index in [2.05, 4.69) is 20.8 Å². The number of primary amides is 1. The molecule has 0 spiro atoms. The fourth-order valence-corrected chi connectivity index (χ4v) is 1.74. The first kappa shape index (κ1) is 13.6. The van der Waals surface area contributed by atoms with Crippen LogP contribution in [-0.2, 0) is 0 Å². The number of hydrogen-bond acceptors (Lipinski definition) is 2. The van der Waals surface area contributed by atoms with E-state index in [1.807, 2.05) is 0 Å². The average molecular weight is 235 g/mol. The third-order valence-corrected chi connectivity index (χ3v) is 2.70. The van der Waals surface area contributed by atoms with Gasteiger partial charge >= 0.3 is 0 Å². The maximum atomic E-state index is 10.9. The van der Waals surface area contributed by atoms with Crippen LogP contribution in [0.2, 0.25) is 0 Å². The van der Waals surface area contributed by atoms with Crippen molar-refractivity contribution in [3.05, 3.63) is 29.8 Å². The Morgan fingerprint density at radius 1 is 1.29 bits per heavy atom. The van der Waals surface area contributed by atoms with Gasteiger partial charge in [0, 0.05) is 5.56 Å². The van der Waals surface area contributed by atoms with Crippen LogP contribution in [0.25, 0.3) is 0 Å². The molecule has 0 radical (unpaired) electrons. The summed E-state index contributed by atoms with van der Waals surface area (Å²) in [7, 11) is 0. The standard InChI is InChI=1S/C14H21NO2/c1-4-9-14(2,3)10-17-12-7-5-11(6-8-12)13(15)16/h5-8H,4,9-10H2,1-3H3,(H2,15,16). The fourth-order valence-electron chi connectivity index (χ4n) is 1.74. The highest BCUT2D eigenvalue weighted by atomic mass is 16.5. The smallest absolute Gasteiger partial charge is 0.248 e. The highest BCUT2D eigenvalue weighted by molar-refractivity contribution is 5.92. The van der Waals surface area contributed by atoms with Gasteiger partial charge in [-0.2, -0.15) is 0 Å². The SMILES string of the molecule is CCCC(C)(C)COc1ccc(C(N)=O)cc1. The van der Waals surface area contributed by atoms with Crippen molar-refractivity contribution in [3.8, 4) is 5.75 Å². The molecule has 0 aliphatic rings. The van der Waals surface area contributed by atoms with E-state index in [-0.39, 0.29) is 5.41 Å². The molecule has 1 aromatic rings. The molecule has 0 saturated heterocycles. The van der Waals surface area contributed by atoms with Gasteiger partial charge in [-0.05, 0) is 36.1 Å². The zero-order chi connectivity index (χ0) is 12.9. The second-order valence-corrected chi connectivity index (χ2v) is 5.09. The second-order valence-electron chi connectivity index (χ2n) is 5.09. The van der Waals surface area contributed by atoms with Crippen LogP contribution in [-0.4, -0.2) is 12.5 Å². The van der Waals surface area contributed by atoms with Gasteiger partial charge in [-0.25, -0.2) is 0 Å². The highest BCUT2D eigenvalue weighted by Gasteiger charge is 2.17. The van der Waals surface area contributed by atoms with Crippen molar-refractivity contribution in [1.82, 2.24) is 0 Å². The minimum atomic E-state index is -0.414. The molecule has 0 aliphatic heterocycles. The lowest BCUT2D eigenvalue weighted by Crippen LogP contribution is -2.21. The molecule has 1 amide bonds. The van der Waals surface area contributed by atoms with Crippen LogP contribution in [0, 0.1) is 5.41 Å². The van der Waals surface area contributed by atoms with Crippen LogP contribution in [0.3, 0.4) is 0 Å². The van der Waals surface area contributed by atoms with Crippen molar-refractivity contribution < 1.29 is 9.53 Å². The molecule has 0 heterocycles. The van der Waals surface area contributed by atoms with E-state index in [0.29, 0.717) is 12.2 Å². The van der Waals surface area contributed by atoms with Crippen molar-refractivity contribution in [2.24, 2.45) is 11.1 Å². The summed E-state index contributed by atoms with van der Waals surface area (Å²) >= 11 is 0. The molecule has 3 nitrogen and oxygen atoms in total. The zero-order valence-corrected chi connectivity index (χ0v) is 10.8.